The maximum atomic E-state index is 13.2. The number of carbonyl (C=O) groups excluding carboxylic acids is 3. The zero-order valence-electron chi connectivity index (χ0n) is 31.2. The first-order chi connectivity index (χ1) is 26.5. The molecular weight excluding hydrogens is 718 g/mol. The Morgan fingerprint density at radius 3 is 2.51 bits per heavy atom. The minimum atomic E-state index is -0.629. The van der Waals surface area contributed by atoms with E-state index in [1.165, 1.54) is 0 Å². The Labute approximate surface area is 324 Å². The number of halogens is 1. The minimum Gasteiger partial charge on any atom is -0.497 e. The highest BCUT2D eigenvalue weighted by molar-refractivity contribution is 6.34. The number of nitrogens with two attached hydrogens (primary N) is 1. The van der Waals surface area contributed by atoms with Crippen molar-refractivity contribution in [3.63, 3.8) is 0 Å². The lowest BCUT2D eigenvalue weighted by Crippen LogP contribution is -2.52. The first-order valence-corrected chi connectivity index (χ1v) is 19.2. The third kappa shape index (κ3) is 6.62. The Kier molecular flexibility index (Phi) is 9.62. The van der Waals surface area contributed by atoms with Crippen molar-refractivity contribution in [2.24, 2.45) is 17.8 Å². The molecule has 12 nitrogen and oxygen atoms in total. The molecule has 8 rings (SSSR count). The molecule has 4 aliphatic heterocycles. The lowest BCUT2D eigenvalue weighted by Gasteiger charge is -2.33. The van der Waals surface area contributed by atoms with E-state index in [-0.39, 0.29) is 29.8 Å². The van der Waals surface area contributed by atoms with Crippen LogP contribution in [-0.2, 0) is 29.6 Å². The maximum absolute atomic E-state index is 13.2. The number of piperidine rings is 2. The Morgan fingerprint density at radius 2 is 1.76 bits per heavy atom. The van der Waals surface area contributed by atoms with Gasteiger partial charge in [-0.3, -0.25) is 29.5 Å². The highest BCUT2D eigenvalue weighted by atomic mass is 35.5. The van der Waals surface area contributed by atoms with Gasteiger partial charge >= 0.3 is 0 Å². The summed E-state index contributed by atoms with van der Waals surface area (Å²) in [6, 6.07) is 15.4. The van der Waals surface area contributed by atoms with Crippen molar-refractivity contribution in [3.05, 3.63) is 97.9 Å². The number of aliphatic imine (C=N–C) groups is 1. The number of benzene rings is 3. The van der Waals surface area contributed by atoms with Crippen LogP contribution in [0.1, 0.15) is 64.7 Å². The summed E-state index contributed by atoms with van der Waals surface area (Å²) in [6.07, 6.45) is 7.50. The number of nitrogens with zero attached hydrogens (tertiary/aromatic N) is 5. The number of amides is 3. The molecule has 0 saturated carbocycles. The quantitative estimate of drug-likeness (QED) is 0.189. The van der Waals surface area contributed by atoms with Gasteiger partial charge in [-0.25, -0.2) is 0 Å². The highest BCUT2D eigenvalue weighted by Gasteiger charge is 2.39. The van der Waals surface area contributed by atoms with Crippen molar-refractivity contribution >= 4 is 69.1 Å². The van der Waals surface area contributed by atoms with Gasteiger partial charge in [-0.1, -0.05) is 11.6 Å². The molecule has 5 heterocycles. The zero-order valence-corrected chi connectivity index (χ0v) is 32.0. The predicted molar refractivity (Wildman–Crippen MR) is 216 cm³/mol. The number of pyridine rings is 1. The van der Waals surface area contributed by atoms with E-state index in [0.717, 1.165) is 95.5 Å². The van der Waals surface area contributed by atoms with Crippen molar-refractivity contribution in [3.8, 4) is 5.75 Å². The predicted octanol–water partition coefficient (Wildman–Crippen LogP) is 5.39. The second kappa shape index (κ2) is 14.6. The fourth-order valence-electron chi connectivity index (χ4n) is 8.51. The van der Waals surface area contributed by atoms with E-state index >= 15 is 0 Å². The third-order valence-corrected chi connectivity index (χ3v) is 11.9. The van der Waals surface area contributed by atoms with Gasteiger partial charge in [-0.15, -0.1) is 0 Å². The average Bonchev–Trinajstić information content (AvgIpc) is 3.51. The van der Waals surface area contributed by atoms with Gasteiger partial charge in [-0.05, 0) is 86.6 Å². The Bertz CT molecular complexity index is 2380. The molecule has 3 N–H and O–H groups in total. The summed E-state index contributed by atoms with van der Waals surface area (Å²) in [5.41, 5.74) is 14.9. The Morgan fingerprint density at radius 1 is 0.964 bits per heavy atom. The number of aryl methyl sites for hydroxylation is 3. The number of allylic oxidation sites excluding steroid dienone is 1. The van der Waals surface area contributed by atoms with Crippen molar-refractivity contribution in [1.82, 2.24) is 14.8 Å². The van der Waals surface area contributed by atoms with E-state index in [1.807, 2.05) is 49.5 Å². The number of ether oxygens (including phenoxy) is 1. The topological polar surface area (TPSA) is 143 Å². The third-order valence-electron chi connectivity index (χ3n) is 11.5. The molecule has 0 spiro atoms. The maximum Gasteiger partial charge on any atom is 0.255 e. The number of hydrogen-bond acceptors (Lipinski definition) is 9. The van der Waals surface area contributed by atoms with Crippen molar-refractivity contribution in [2.75, 3.05) is 36.5 Å². The van der Waals surface area contributed by atoms with Gasteiger partial charge in [0.25, 0.3) is 11.5 Å². The van der Waals surface area contributed by atoms with Gasteiger partial charge in [0.2, 0.25) is 11.8 Å². The molecule has 2 saturated heterocycles. The summed E-state index contributed by atoms with van der Waals surface area (Å²) in [5, 5.41) is 3.91. The fourth-order valence-corrected chi connectivity index (χ4v) is 8.78. The molecule has 3 aromatic carbocycles. The number of aromatic nitrogens is 1. The normalized spacial score (nSPS) is 19.3. The van der Waals surface area contributed by atoms with Crippen LogP contribution >= 0.6 is 11.6 Å². The van der Waals surface area contributed by atoms with Crippen LogP contribution in [-0.4, -0.2) is 72.2 Å². The first-order valence-electron chi connectivity index (χ1n) is 18.8. The largest absolute Gasteiger partial charge is 0.497 e. The van der Waals surface area contributed by atoms with Crippen LogP contribution in [0.25, 0.3) is 16.5 Å². The number of anilines is 3. The molecule has 1 unspecified atom stereocenters. The Balaban J connectivity index is 0.963. The van der Waals surface area contributed by atoms with Crippen LogP contribution in [0.3, 0.4) is 0 Å². The summed E-state index contributed by atoms with van der Waals surface area (Å²) >= 11 is 7.04. The lowest BCUT2D eigenvalue weighted by atomic mass is 9.95. The lowest BCUT2D eigenvalue weighted by molar-refractivity contribution is -0.136. The van der Waals surface area contributed by atoms with Gasteiger partial charge in [-0.2, -0.15) is 0 Å². The molecule has 0 radical (unpaired) electrons. The second-order valence-electron chi connectivity index (χ2n) is 14.8. The van der Waals surface area contributed by atoms with Crippen LogP contribution in [0.5, 0.6) is 5.75 Å². The fraction of sp³-hybridized carbons (Fsp3) is 0.357. The standard InChI is InChI=1S/C42H44ClN7O5/c1-24-15-33-37(47(2)41(24)53)18-30(55-3)19-38(33)49-12-4-5-25-17-32(34(43)20-36(25)49)27(21-44)22-45-28-10-13-48(14-11-28)29-6-7-31-26(16-29)23-50(42(31)54)35-8-9-39(51)46-40(35)52/h6-7,15-22,28,35H,4-5,8-14,23,44H2,1-3H3,(H,46,51,52)/b27-21+,45-22?. The summed E-state index contributed by atoms with van der Waals surface area (Å²) in [5.74, 6) is -0.193. The number of nitrogens with one attached hydrogen (secondary N) is 1. The zero-order chi connectivity index (χ0) is 38.5. The molecule has 4 aromatic rings. The Hall–Kier alpha value is -5.62. The minimum absolute atomic E-state index is 0.0360. The van der Waals surface area contributed by atoms with Crippen LogP contribution in [0.4, 0.5) is 17.1 Å². The average molecular weight is 762 g/mol. The van der Waals surface area contributed by atoms with E-state index in [0.29, 0.717) is 34.9 Å². The molecule has 2 fully saturated rings. The van der Waals surface area contributed by atoms with E-state index in [4.69, 9.17) is 27.1 Å². The van der Waals surface area contributed by atoms with Gasteiger partial charge < -0.3 is 29.7 Å². The SMILES string of the molecule is COc1cc(N2CCCc3cc(/C(C=NC4CCN(c5ccc6c(c5)CN(C5CCC(=O)NC5=O)C6=O)CC4)=C/N)c(Cl)cc32)c2cc(C)c(=O)n(C)c2c1. The molecule has 1 aromatic heterocycles. The summed E-state index contributed by atoms with van der Waals surface area (Å²) < 4.78 is 7.35. The molecule has 13 heteroatoms. The summed E-state index contributed by atoms with van der Waals surface area (Å²) in [6.45, 7) is 4.59. The van der Waals surface area contributed by atoms with E-state index in [1.54, 1.807) is 29.8 Å². The molecule has 0 aliphatic carbocycles. The molecular formula is C42H44ClN7O5. The number of methoxy groups -OCH3 is 1. The van der Waals surface area contributed by atoms with Crippen molar-refractivity contribution < 1.29 is 19.1 Å². The molecule has 4 aliphatic rings. The second-order valence-corrected chi connectivity index (χ2v) is 15.3. The number of rotatable bonds is 7. The number of imide groups is 1. The molecule has 0 bridgehead atoms. The van der Waals surface area contributed by atoms with Gasteiger partial charge in [0, 0.05) is 103 Å². The van der Waals surface area contributed by atoms with E-state index in [9.17, 15) is 19.2 Å². The number of carbonyl (C=O) groups is 3. The van der Waals surface area contributed by atoms with Gasteiger partial charge in [0.15, 0.2) is 0 Å². The number of fused-ring (bicyclic) bond motifs is 3. The summed E-state index contributed by atoms with van der Waals surface area (Å²) in [7, 11) is 3.43. The smallest absolute Gasteiger partial charge is 0.255 e. The monoisotopic (exact) mass is 761 g/mol. The summed E-state index contributed by atoms with van der Waals surface area (Å²) in [4.78, 5) is 61.2. The molecule has 55 heavy (non-hydrogen) atoms. The first kappa shape index (κ1) is 36.4. The van der Waals surface area contributed by atoms with Crippen LogP contribution in [0, 0.1) is 6.92 Å². The highest BCUT2D eigenvalue weighted by Crippen LogP contribution is 2.42. The molecule has 284 valence electrons. The van der Waals surface area contributed by atoms with Crippen LogP contribution in [0.2, 0.25) is 5.02 Å². The van der Waals surface area contributed by atoms with E-state index in [2.05, 4.69) is 27.2 Å². The van der Waals surface area contributed by atoms with Crippen LogP contribution < -0.4 is 31.1 Å². The number of hydrogen-bond donors (Lipinski definition) is 2. The molecule has 1 atom stereocenters. The molecule has 3 amide bonds. The van der Waals surface area contributed by atoms with E-state index < -0.39 is 11.9 Å². The van der Waals surface area contributed by atoms with Gasteiger partial charge in [0.05, 0.1) is 29.4 Å². The van der Waals surface area contributed by atoms with Gasteiger partial charge in [0.1, 0.15) is 11.8 Å². The van der Waals surface area contributed by atoms with Crippen LogP contribution in [0.15, 0.2) is 64.5 Å². The van der Waals surface area contributed by atoms with Crippen molar-refractivity contribution in [1.29, 1.82) is 0 Å². The van der Waals surface area contributed by atoms with Crippen molar-refractivity contribution in [2.45, 2.75) is 64.1 Å².